The number of hydrogen-bond acceptors (Lipinski definition) is 5. The number of rotatable bonds is 8. The molecule has 0 saturated heterocycles. The summed E-state index contributed by atoms with van der Waals surface area (Å²) in [6.45, 7) is -25.4. The molecule has 0 amide bonds. The molecule has 2 fully saturated rings. The maximum atomic E-state index is 12.1. The van der Waals surface area contributed by atoms with Crippen LogP contribution in [0.3, 0.4) is 0 Å². The maximum absolute atomic E-state index is 12.1. The highest BCUT2D eigenvalue weighted by Crippen LogP contribution is 2.41. The molecule has 2 aliphatic rings. The summed E-state index contributed by atoms with van der Waals surface area (Å²) in [7, 11) is 0. The van der Waals surface area contributed by atoms with Crippen LogP contribution in [0.5, 0.6) is 5.75 Å². The van der Waals surface area contributed by atoms with Gasteiger partial charge in [0.1, 0.15) is 5.75 Å². The summed E-state index contributed by atoms with van der Waals surface area (Å²) >= 11 is 0. The van der Waals surface area contributed by atoms with E-state index in [2.05, 4.69) is 0 Å². The zero-order valence-electron chi connectivity index (χ0n) is 65.2. The van der Waals surface area contributed by atoms with Crippen LogP contribution < -0.4 is 0 Å². The number of likely N-dealkylation sites (N-methyl/N-ethyl adjacent to an activating group) is 2. The van der Waals surface area contributed by atoms with Gasteiger partial charge in [-0.2, -0.15) is 0 Å². The zero-order chi connectivity index (χ0) is 68.1. The number of phenols is 1. The van der Waals surface area contributed by atoms with Gasteiger partial charge in [0.05, 0.1) is 22.2 Å². The Morgan fingerprint density at radius 1 is 0.763 bits per heavy atom. The molecule has 2 aliphatic carbocycles. The lowest BCUT2D eigenvalue weighted by atomic mass is 9.72. The van der Waals surface area contributed by atoms with E-state index in [9.17, 15) is 18.1 Å². The second kappa shape index (κ2) is 13.9. The minimum atomic E-state index is -5.15. The molecule has 2 aromatic rings. The van der Waals surface area contributed by atoms with E-state index < -0.39 is 208 Å². The van der Waals surface area contributed by atoms with Gasteiger partial charge in [-0.3, -0.25) is 0 Å². The van der Waals surface area contributed by atoms with Gasteiger partial charge in [-0.15, -0.1) is 0 Å². The van der Waals surface area contributed by atoms with Crippen molar-refractivity contribution < 1.29 is 78.4 Å². The first kappa shape index (κ1) is 6.28. The number of aliphatic hydroxyl groups is 2. The predicted molar refractivity (Wildman–Crippen MR) is 158 cm³/mol. The lowest BCUT2D eigenvalue weighted by molar-refractivity contribution is -0.0280. The van der Waals surface area contributed by atoms with Crippen molar-refractivity contribution in [2.75, 3.05) is 40.9 Å². The average Bonchev–Trinajstić information content (AvgIpc) is 3.27. The van der Waals surface area contributed by atoms with Crippen molar-refractivity contribution in [1.82, 2.24) is 9.80 Å². The summed E-state index contributed by atoms with van der Waals surface area (Å²) in [6, 6.07) is -12.0. The largest absolute Gasteiger partial charge is 0.508 e. The molecule has 0 aliphatic heterocycles. The quantitative estimate of drug-likeness (QED) is 0.360. The van der Waals surface area contributed by atoms with E-state index in [0.717, 1.165) is 6.92 Å². The summed E-state index contributed by atoms with van der Waals surface area (Å²) in [5, 5.41) is 34.2. The molecule has 4 rings (SSSR count). The third-order valence-corrected chi connectivity index (χ3v) is 4.26. The smallest absolute Gasteiger partial charge is 0.115 e. The van der Waals surface area contributed by atoms with Crippen LogP contribution in [-0.2, 0) is 0 Å². The number of hydrogen-bond donors (Lipinski definition) is 3. The van der Waals surface area contributed by atoms with E-state index in [1.807, 2.05) is 0 Å². The maximum Gasteiger partial charge on any atom is 0.115 e. The van der Waals surface area contributed by atoms with Crippen molar-refractivity contribution in [2.45, 2.75) is 93.6 Å². The SMILES string of the molecule is [2H]c1c([2H])c(C([2H])(C([2H])([2H])N(C([2H])([2H])[2H])C([2H])([2H])[2H])C2(O)C([2H])([2H])C([2H])([2H])C([2H])([2H])C([2H])([2H])C2([2H])[2H])c([2H])c([2H])c1C.[2H]c1c([2H])c(C([2H])(C([2H])([2H])N(C([2H])([2H])[2H])C([2H])([2H])[2H])C2(O)C([2H])([2H])C([2H])([2H])C([2H])([2H])C([2H])([2H])C2([2H])[2H])c([2H])c([2H])c1O. The number of nitrogens with zero attached hydrogens (tertiary/aromatic N) is 2. The van der Waals surface area contributed by atoms with Crippen LogP contribution in [0.25, 0.3) is 0 Å². The lowest BCUT2D eigenvalue weighted by Gasteiger charge is -2.40. The Morgan fingerprint density at radius 3 is 1.50 bits per heavy atom. The predicted octanol–water partition coefficient (Wildman–Crippen LogP) is 6.07. The average molecular weight is 571 g/mol. The lowest BCUT2D eigenvalue weighted by Crippen LogP contribution is -2.42. The highest BCUT2D eigenvalue weighted by molar-refractivity contribution is 5.31. The minimum absolute atomic E-state index is 0.496. The molecule has 0 spiro atoms. The van der Waals surface area contributed by atoms with Crippen LogP contribution in [-0.4, -0.2) is 77.2 Å². The van der Waals surface area contributed by atoms with Gasteiger partial charge in [0.15, 0.2) is 0 Å². The van der Waals surface area contributed by atoms with Crippen LogP contribution >= 0.6 is 0 Å². The van der Waals surface area contributed by atoms with Crippen molar-refractivity contribution in [3.63, 3.8) is 0 Å². The Hall–Kier alpha value is -1.92. The van der Waals surface area contributed by atoms with E-state index >= 15 is 0 Å². The van der Waals surface area contributed by atoms with Crippen molar-refractivity contribution in [1.29, 1.82) is 0 Å². The van der Waals surface area contributed by atoms with Crippen LogP contribution in [0.1, 0.15) is 155 Å². The second-order valence-electron chi connectivity index (χ2n) is 7.04. The summed E-state index contributed by atoms with van der Waals surface area (Å²) in [5.41, 5.74) is -14.6. The molecule has 212 valence electrons. The number of aromatic hydroxyl groups is 1. The van der Waals surface area contributed by atoms with Gasteiger partial charge >= 0.3 is 0 Å². The minimum Gasteiger partial charge on any atom is -0.508 e. The van der Waals surface area contributed by atoms with Crippen molar-refractivity contribution in [3.8, 4) is 5.75 Å². The van der Waals surface area contributed by atoms with Gasteiger partial charge in [-0.1, -0.05) is 80.1 Å². The van der Waals surface area contributed by atoms with Gasteiger partial charge in [0.25, 0.3) is 0 Å². The van der Waals surface area contributed by atoms with Crippen LogP contribution in [0, 0.1) is 6.92 Å². The van der Waals surface area contributed by atoms with E-state index in [4.69, 9.17) is 60.3 Å². The first-order chi connectivity index (χ1) is 36.1. The second-order valence-corrected chi connectivity index (χ2v) is 7.04. The Balaban J connectivity index is 0.000000440. The molecular formula is C33H52N2O3. The first-order valence-corrected chi connectivity index (χ1v) is 10.0. The fourth-order valence-electron chi connectivity index (χ4n) is 2.65. The van der Waals surface area contributed by atoms with E-state index in [1.165, 1.54) is 0 Å². The van der Waals surface area contributed by atoms with Gasteiger partial charge in [0.2, 0.25) is 0 Å². The van der Waals surface area contributed by atoms with E-state index in [0.29, 0.717) is 0 Å². The van der Waals surface area contributed by atoms with Crippen LogP contribution in [0.15, 0.2) is 48.3 Å². The van der Waals surface area contributed by atoms with Gasteiger partial charge in [0, 0.05) is 76.9 Å². The third-order valence-electron chi connectivity index (χ3n) is 4.26. The normalized spacial score (nSPS) is 55.2. The van der Waals surface area contributed by atoms with Gasteiger partial charge < -0.3 is 25.1 Å². The molecule has 0 heterocycles. The fraction of sp³-hybridized carbons (Fsp3) is 0.636. The van der Waals surface area contributed by atoms with Crippen molar-refractivity contribution in [3.05, 3.63) is 65.0 Å². The molecule has 2 aromatic carbocycles. The molecule has 0 bridgehead atoms. The van der Waals surface area contributed by atoms with Crippen molar-refractivity contribution in [2.24, 2.45) is 0 Å². The molecular weight excluding hydrogens is 472 g/mol. The standard InChI is InChI=1S/C17H27NO.C16H25NO2/c1-14-7-9-15(10-8-14)16(13-18(2)3)17(19)11-5-4-6-12-17;1-17(2)12-15(13-6-8-14(18)9-7-13)16(19)10-4-3-5-11-16/h7-10,16,19H,4-6,11-13H2,1-3H3;6-9,15,18-19H,3-5,10-12H2,1-2H3/i2D3,3D3,4D2,5D2,6D2,7D,8D,9D,10D,11D2,12D2,13D2,16D;1D3,2D3,3D2,4D2,5D2,6D,7D,8D,9D,10D2,11D2,12D2,15D. The highest BCUT2D eigenvalue weighted by Gasteiger charge is 2.39. The molecule has 2 atom stereocenters. The number of benzene rings is 2. The molecule has 5 nitrogen and oxygen atoms in total. The van der Waals surface area contributed by atoms with E-state index in [-0.39, 0.29) is 0 Å². The Labute approximate surface area is 296 Å². The Morgan fingerprint density at radius 2 is 1.13 bits per heavy atom. The van der Waals surface area contributed by atoms with Gasteiger partial charge in [-0.25, -0.2) is 0 Å². The first-order valence-electron chi connectivity index (χ1n) is 33.0. The Bertz CT molecular complexity index is 2570. The summed E-state index contributed by atoms with van der Waals surface area (Å²) in [4.78, 5) is -2.25. The van der Waals surface area contributed by atoms with Crippen LogP contribution in [0.2, 0.25) is 0 Å². The summed E-state index contributed by atoms with van der Waals surface area (Å²) in [5.74, 6) is -11.3. The van der Waals surface area contributed by atoms with E-state index in [1.54, 1.807) is 0 Å². The molecule has 0 radical (unpaired) electrons. The topological polar surface area (TPSA) is 67.2 Å². The molecule has 3 N–H and O–H groups in total. The number of phenolic OH excluding ortho intramolecular Hbond substituents is 1. The van der Waals surface area contributed by atoms with Crippen LogP contribution in [0.4, 0.5) is 0 Å². The molecule has 2 unspecified atom stereocenters. The molecule has 0 aromatic heterocycles. The fourth-order valence-corrected chi connectivity index (χ4v) is 2.65. The third kappa shape index (κ3) is 8.54. The Kier molecular flexibility index (Phi) is 2.30. The highest BCUT2D eigenvalue weighted by atomic mass is 16.3. The monoisotopic (exact) mass is 571 g/mol. The summed E-state index contributed by atoms with van der Waals surface area (Å²) in [6.07, 6.45) is -45.3. The van der Waals surface area contributed by atoms with Gasteiger partial charge in [-0.05, 0) is 83.5 Å². The zero-order valence-corrected chi connectivity index (χ0v) is 19.2. The molecule has 38 heavy (non-hydrogen) atoms. The van der Waals surface area contributed by atoms with Crippen molar-refractivity contribution >= 4 is 0 Å². The molecule has 5 heteroatoms. The summed E-state index contributed by atoms with van der Waals surface area (Å²) < 4.78 is 376. The molecule has 2 saturated carbocycles.